The molecule has 0 aliphatic rings. The van der Waals surface area contributed by atoms with Crippen LogP contribution >= 0.6 is 0 Å². The second kappa shape index (κ2) is 10.6. The van der Waals surface area contributed by atoms with Crippen molar-refractivity contribution < 1.29 is 17.9 Å². The Balaban J connectivity index is 2.36. The second-order valence-electron chi connectivity index (χ2n) is 9.79. The highest BCUT2D eigenvalue weighted by Crippen LogP contribution is 2.24. The summed E-state index contributed by atoms with van der Waals surface area (Å²) >= 11 is 0. The summed E-state index contributed by atoms with van der Waals surface area (Å²) in [6, 6.07) is 7.33. The Morgan fingerprint density at radius 3 is 2.34 bits per heavy atom. The molecule has 178 valence electrons. The minimum absolute atomic E-state index is 0.00937. The molecule has 2 aromatic rings. The summed E-state index contributed by atoms with van der Waals surface area (Å²) in [5.41, 5.74) is 2.34. The van der Waals surface area contributed by atoms with Crippen molar-refractivity contribution in [3.05, 3.63) is 47.3 Å². The standard InChI is InChI=1S/C24H37N3O4S/c1-18(2)27-21(16-26(12-13-31-7)22(28)14-24(4,5)6)15-25-23(27)32(29,30)17-20-10-8-19(3)9-11-20/h8-11,15,18H,12-14,16-17H2,1-7H3. The van der Waals surface area contributed by atoms with Crippen molar-refractivity contribution in [2.24, 2.45) is 5.41 Å². The number of aromatic nitrogens is 2. The molecule has 32 heavy (non-hydrogen) atoms. The predicted octanol–water partition coefficient (Wildman–Crippen LogP) is 4.16. The molecule has 0 N–H and O–H groups in total. The van der Waals surface area contributed by atoms with Gasteiger partial charge >= 0.3 is 0 Å². The van der Waals surface area contributed by atoms with E-state index in [1.807, 2.05) is 65.8 Å². The molecule has 0 spiro atoms. The van der Waals surface area contributed by atoms with Crippen LogP contribution in [0.5, 0.6) is 0 Å². The Morgan fingerprint density at radius 1 is 1.19 bits per heavy atom. The molecule has 0 aliphatic carbocycles. The highest BCUT2D eigenvalue weighted by Gasteiger charge is 2.28. The third kappa shape index (κ3) is 7.17. The van der Waals surface area contributed by atoms with Gasteiger partial charge in [-0.3, -0.25) is 4.79 Å². The van der Waals surface area contributed by atoms with Gasteiger partial charge in [0.1, 0.15) is 0 Å². The molecular weight excluding hydrogens is 426 g/mol. The van der Waals surface area contributed by atoms with Gasteiger partial charge in [-0.2, -0.15) is 0 Å². The fourth-order valence-electron chi connectivity index (χ4n) is 3.50. The maximum absolute atomic E-state index is 13.2. The molecule has 0 atom stereocenters. The van der Waals surface area contributed by atoms with Crippen LogP contribution in [0.15, 0.2) is 35.6 Å². The van der Waals surface area contributed by atoms with E-state index in [0.717, 1.165) is 11.1 Å². The molecule has 0 saturated carbocycles. The smallest absolute Gasteiger partial charge is 0.228 e. The number of sulfone groups is 1. The molecule has 0 saturated heterocycles. The molecule has 1 aromatic carbocycles. The van der Waals surface area contributed by atoms with Gasteiger partial charge in [-0.1, -0.05) is 50.6 Å². The van der Waals surface area contributed by atoms with E-state index in [4.69, 9.17) is 4.74 Å². The van der Waals surface area contributed by atoms with Crippen LogP contribution in [0.2, 0.25) is 0 Å². The maximum Gasteiger partial charge on any atom is 0.228 e. The molecule has 1 aromatic heterocycles. The average Bonchev–Trinajstić information content (AvgIpc) is 3.10. The molecule has 2 rings (SSSR count). The highest BCUT2D eigenvalue weighted by molar-refractivity contribution is 7.90. The lowest BCUT2D eigenvalue weighted by Crippen LogP contribution is -2.36. The normalized spacial score (nSPS) is 12.4. The highest BCUT2D eigenvalue weighted by atomic mass is 32.2. The predicted molar refractivity (Wildman–Crippen MR) is 126 cm³/mol. The number of hydrogen-bond donors (Lipinski definition) is 0. The number of methoxy groups -OCH3 is 1. The largest absolute Gasteiger partial charge is 0.383 e. The van der Waals surface area contributed by atoms with Gasteiger partial charge < -0.3 is 14.2 Å². The zero-order valence-corrected chi connectivity index (χ0v) is 21.2. The average molecular weight is 464 g/mol. The second-order valence-corrected chi connectivity index (χ2v) is 11.7. The van der Waals surface area contributed by atoms with E-state index < -0.39 is 9.84 Å². The van der Waals surface area contributed by atoms with Crippen molar-refractivity contribution >= 4 is 15.7 Å². The molecule has 0 radical (unpaired) electrons. The molecule has 1 amide bonds. The van der Waals surface area contributed by atoms with E-state index in [0.29, 0.717) is 25.3 Å². The van der Waals surface area contributed by atoms with Crippen molar-refractivity contribution in [2.45, 2.75) is 71.5 Å². The lowest BCUT2D eigenvalue weighted by Gasteiger charge is -2.27. The van der Waals surface area contributed by atoms with E-state index in [-0.39, 0.29) is 34.8 Å². The van der Waals surface area contributed by atoms with Crippen molar-refractivity contribution in [2.75, 3.05) is 20.3 Å². The lowest BCUT2D eigenvalue weighted by molar-refractivity contribution is -0.134. The molecule has 0 fully saturated rings. The first-order valence-electron chi connectivity index (χ1n) is 10.9. The van der Waals surface area contributed by atoms with Crippen molar-refractivity contribution in [3.8, 4) is 0 Å². The van der Waals surface area contributed by atoms with Gasteiger partial charge in [0.05, 0.1) is 30.8 Å². The van der Waals surface area contributed by atoms with Crippen molar-refractivity contribution in [3.63, 3.8) is 0 Å². The van der Waals surface area contributed by atoms with Crippen LogP contribution in [0.1, 0.15) is 63.9 Å². The zero-order chi connectivity index (χ0) is 24.1. The third-order valence-corrected chi connectivity index (χ3v) is 6.64. The number of nitrogens with zero attached hydrogens (tertiary/aromatic N) is 3. The first-order valence-corrected chi connectivity index (χ1v) is 12.6. The number of rotatable bonds is 10. The van der Waals surface area contributed by atoms with Gasteiger partial charge in [-0.15, -0.1) is 0 Å². The van der Waals surface area contributed by atoms with Crippen LogP contribution < -0.4 is 0 Å². The van der Waals surface area contributed by atoms with Gasteiger partial charge in [-0.05, 0) is 31.7 Å². The minimum Gasteiger partial charge on any atom is -0.383 e. The van der Waals surface area contributed by atoms with E-state index in [1.54, 1.807) is 22.8 Å². The zero-order valence-electron chi connectivity index (χ0n) is 20.4. The third-order valence-electron chi connectivity index (χ3n) is 5.06. The summed E-state index contributed by atoms with van der Waals surface area (Å²) < 4.78 is 33.4. The summed E-state index contributed by atoms with van der Waals surface area (Å²) in [6.07, 6.45) is 1.97. The number of benzene rings is 1. The minimum atomic E-state index is -3.66. The number of carbonyl (C=O) groups excluding carboxylic acids is 1. The Hall–Kier alpha value is -2.19. The van der Waals surface area contributed by atoms with Crippen molar-refractivity contribution in [1.82, 2.24) is 14.5 Å². The Labute approximate surface area is 192 Å². The fourth-order valence-corrected chi connectivity index (χ4v) is 5.10. The van der Waals surface area contributed by atoms with Crippen LogP contribution in [0.4, 0.5) is 0 Å². The van der Waals surface area contributed by atoms with Gasteiger partial charge in [0.2, 0.25) is 20.9 Å². The van der Waals surface area contributed by atoms with Crippen LogP contribution in [0, 0.1) is 12.3 Å². The van der Waals surface area contributed by atoms with E-state index >= 15 is 0 Å². The van der Waals surface area contributed by atoms with Gasteiger partial charge in [0, 0.05) is 26.1 Å². The SMILES string of the molecule is COCCN(Cc1cnc(S(=O)(=O)Cc2ccc(C)cc2)n1C(C)C)C(=O)CC(C)(C)C. The molecule has 0 unspecified atom stereocenters. The quantitative estimate of drug-likeness (QED) is 0.528. The first kappa shape index (κ1) is 26.1. The molecule has 7 nitrogen and oxygen atoms in total. The van der Waals surface area contributed by atoms with Gasteiger partial charge in [-0.25, -0.2) is 13.4 Å². The van der Waals surface area contributed by atoms with Gasteiger partial charge in [0.25, 0.3) is 0 Å². The van der Waals surface area contributed by atoms with E-state index in [2.05, 4.69) is 4.98 Å². The lowest BCUT2D eigenvalue weighted by atomic mass is 9.91. The Morgan fingerprint density at radius 2 is 1.81 bits per heavy atom. The number of aryl methyl sites for hydroxylation is 1. The maximum atomic E-state index is 13.2. The number of hydrogen-bond acceptors (Lipinski definition) is 5. The van der Waals surface area contributed by atoms with Crippen LogP contribution in [-0.4, -0.2) is 49.0 Å². The summed E-state index contributed by atoms with van der Waals surface area (Å²) in [5, 5.41) is 0.0398. The topological polar surface area (TPSA) is 81.5 Å². The summed E-state index contributed by atoms with van der Waals surface area (Å²) in [4.78, 5) is 19.0. The molecule has 1 heterocycles. The Bertz CT molecular complexity index is 1000. The number of imidazole rings is 1. The number of amides is 1. The van der Waals surface area contributed by atoms with Crippen LogP contribution in [0.3, 0.4) is 0 Å². The molecule has 0 aliphatic heterocycles. The van der Waals surface area contributed by atoms with Crippen LogP contribution in [0.25, 0.3) is 0 Å². The van der Waals surface area contributed by atoms with Crippen LogP contribution in [-0.2, 0) is 31.7 Å². The van der Waals surface area contributed by atoms with Gasteiger partial charge in [0.15, 0.2) is 0 Å². The molecule has 8 heteroatoms. The number of carbonyl (C=O) groups is 1. The summed E-state index contributed by atoms with van der Waals surface area (Å²) in [6.45, 7) is 13.0. The van der Waals surface area contributed by atoms with Crippen molar-refractivity contribution in [1.29, 1.82) is 0 Å². The van der Waals surface area contributed by atoms with E-state index in [1.165, 1.54) is 0 Å². The monoisotopic (exact) mass is 463 g/mol. The molecular formula is C24H37N3O4S. The number of ether oxygens (including phenoxy) is 1. The fraction of sp³-hybridized carbons (Fsp3) is 0.583. The Kier molecular flexibility index (Phi) is 8.65. The summed E-state index contributed by atoms with van der Waals surface area (Å²) in [7, 11) is -2.06. The first-order chi connectivity index (χ1) is 14.8. The molecule has 0 bridgehead atoms. The van der Waals surface area contributed by atoms with E-state index in [9.17, 15) is 13.2 Å². The summed E-state index contributed by atoms with van der Waals surface area (Å²) in [5.74, 6) is -0.109.